The average Bonchev–Trinajstić information content (AvgIpc) is 2.54. The second kappa shape index (κ2) is 7.17. The van der Waals surface area contributed by atoms with E-state index in [9.17, 15) is 24.1 Å². The quantitative estimate of drug-likeness (QED) is 0.481. The zero-order chi connectivity index (χ0) is 17.0. The molecule has 1 aliphatic rings. The van der Waals surface area contributed by atoms with Crippen LogP contribution < -0.4 is 0 Å². The van der Waals surface area contributed by atoms with Gasteiger partial charge in [-0.2, -0.15) is 0 Å². The van der Waals surface area contributed by atoms with Crippen LogP contribution in [0.25, 0.3) is 0 Å². The van der Waals surface area contributed by atoms with Gasteiger partial charge in [0.15, 0.2) is 0 Å². The van der Waals surface area contributed by atoms with Crippen LogP contribution in [-0.4, -0.2) is 40.9 Å². The van der Waals surface area contributed by atoms with Gasteiger partial charge in [0, 0.05) is 12.6 Å². The molecule has 0 spiro atoms. The lowest BCUT2D eigenvalue weighted by molar-refractivity contribution is -0.385. The van der Waals surface area contributed by atoms with Crippen molar-refractivity contribution in [1.29, 1.82) is 0 Å². The highest BCUT2D eigenvalue weighted by Crippen LogP contribution is 2.23. The number of hydrogen-bond acceptors (Lipinski definition) is 5. The lowest BCUT2D eigenvalue weighted by atomic mass is 10.0. The predicted molar refractivity (Wildman–Crippen MR) is 78.4 cm³/mol. The van der Waals surface area contributed by atoms with Crippen molar-refractivity contribution in [3.05, 3.63) is 39.7 Å². The zero-order valence-corrected chi connectivity index (χ0v) is 12.7. The van der Waals surface area contributed by atoms with Crippen LogP contribution in [0.3, 0.4) is 0 Å². The molecule has 1 heterocycles. The lowest BCUT2D eigenvalue weighted by Crippen LogP contribution is -2.48. The van der Waals surface area contributed by atoms with Gasteiger partial charge in [-0.1, -0.05) is 0 Å². The van der Waals surface area contributed by atoms with Gasteiger partial charge in [-0.15, -0.1) is 0 Å². The molecular weight excluding hydrogens is 307 g/mol. The van der Waals surface area contributed by atoms with Crippen LogP contribution in [0.5, 0.6) is 0 Å². The summed E-state index contributed by atoms with van der Waals surface area (Å²) in [5, 5.41) is 10.6. The standard InChI is InChI=1S/C15H17FN2O5/c1-2-23-15(20)13-5-3-4-8-17(13)14(19)11-7-6-10(18(21)22)9-12(11)16/h6-7,9,13H,2-5,8H2,1H3. The van der Waals surface area contributed by atoms with Crippen LogP contribution in [0.15, 0.2) is 18.2 Å². The molecule has 1 unspecified atom stereocenters. The van der Waals surface area contributed by atoms with Gasteiger partial charge in [0.05, 0.1) is 23.2 Å². The van der Waals surface area contributed by atoms with Gasteiger partial charge in [-0.3, -0.25) is 14.9 Å². The first-order valence-electron chi connectivity index (χ1n) is 7.37. The largest absolute Gasteiger partial charge is 0.464 e. The number of carbonyl (C=O) groups is 2. The van der Waals surface area contributed by atoms with E-state index in [1.165, 1.54) is 4.90 Å². The molecule has 8 heteroatoms. The Hall–Kier alpha value is -2.51. The maximum atomic E-state index is 14.0. The van der Waals surface area contributed by atoms with Crippen molar-refractivity contribution in [2.24, 2.45) is 0 Å². The number of ether oxygens (including phenoxy) is 1. The first kappa shape index (κ1) is 16.9. The first-order chi connectivity index (χ1) is 11.0. The Bertz CT molecular complexity index is 634. The maximum absolute atomic E-state index is 14.0. The van der Waals surface area contributed by atoms with Crippen molar-refractivity contribution in [3.63, 3.8) is 0 Å². The minimum atomic E-state index is -0.975. The molecule has 1 atom stereocenters. The minimum Gasteiger partial charge on any atom is -0.464 e. The molecule has 0 bridgehead atoms. The molecule has 0 saturated carbocycles. The summed E-state index contributed by atoms with van der Waals surface area (Å²) >= 11 is 0. The Labute approximate surface area is 132 Å². The van der Waals surface area contributed by atoms with Crippen molar-refractivity contribution >= 4 is 17.6 Å². The number of halogens is 1. The van der Waals surface area contributed by atoms with E-state index in [-0.39, 0.29) is 12.2 Å². The summed E-state index contributed by atoms with van der Waals surface area (Å²) in [5.41, 5.74) is -0.716. The fraction of sp³-hybridized carbons (Fsp3) is 0.467. The summed E-state index contributed by atoms with van der Waals surface area (Å²) in [6.45, 7) is 2.19. The lowest BCUT2D eigenvalue weighted by Gasteiger charge is -2.34. The number of amides is 1. The third-order valence-corrected chi connectivity index (χ3v) is 3.72. The van der Waals surface area contributed by atoms with Gasteiger partial charge in [-0.25, -0.2) is 9.18 Å². The molecule has 0 radical (unpaired) electrons. The van der Waals surface area contributed by atoms with Gasteiger partial charge in [-0.05, 0) is 32.3 Å². The number of nitro groups is 1. The van der Waals surface area contributed by atoms with Crippen molar-refractivity contribution in [2.45, 2.75) is 32.2 Å². The van der Waals surface area contributed by atoms with Crippen molar-refractivity contribution < 1.29 is 23.6 Å². The Morgan fingerprint density at radius 2 is 2.17 bits per heavy atom. The van der Waals surface area contributed by atoms with E-state index in [4.69, 9.17) is 4.74 Å². The molecule has 1 saturated heterocycles. The Kier molecular flexibility index (Phi) is 5.25. The topological polar surface area (TPSA) is 89.8 Å². The fourth-order valence-electron chi connectivity index (χ4n) is 2.60. The van der Waals surface area contributed by atoms with Crippen LogP contribution in [0.4, 0.5) is 10.1 Å². The van der Waals surface area contributed by atoms with E-state index < -0.39 is 34.3 Å². The molecule has 7 nitrogen and oxygen atoms in total. The first-order valence-corrected chi connectivity index (χ1v) is 7.37. The Morgan fingerprint density at radius 1 is 1.43 bits per heavy atom. The maximum Gasteiger partial charge on any atom is 0.328 e. The highest BCUT2D eigenvalue weighted by atomic mass is 19.1. The molecule has 1 aromatic carbocycles. The summed E-state index contributed by atoms with van der Waals surface area (Å²) in [6, 6.07) is 2.11. The molecule has 1 amide bonds. The van der Waals surface area contributed by atoms with Gasteiger partial charge >= 0.3 is 5.97 Å². The molecular formula is C15H17FN2O5. The number of carbonyl (C=O) groups excluding carboxylic acids is 2. The van der Waals surface area contributed by atoms with Gasteiger partial charge in [0.25, 0.3) is 11.6 Å². The summed E-state index contributed by atoms with van der Waals surface area (Å²) in [4.78, 5) is 35.7. The van der Waals surface area contributed by atoms with E-state index in [1.807, 2.05) is 0 Å². The number of hydrogen-bond donors (Lipinski definition) is 0. The van der Waals surface area contributed by atoms with E-state index in [2.05, 4.69) is 0 Å². The second-order valence-corrected chi connectivity index (χ2v) is 5.18. The fourth-order valence-corrected chi connectivity index (χ4v) is 2.60. The summed E-state index contributed by atoms with van der Waals surface area (Å²) < 4.78 is 19.0. The number of nitrogens with zero attached hydrogens (tertiary/aromatic N) is 2. The van der Waals surface area contributed by atoms with Crippen LogP contribution in [0.1, 0.15) is 36.5 Å². The van der Waals surface area contributed by atoms with Gasteiger partial charge < -0.3 is 9.64 Å². The molecule has 1 aliphatic heterocycles. The summed E-state index contributed by atoms with van der Waals surface area (Å²) in [7, 11) is 0. The summed E-state index contributed by atoms with van der Waals surface area (Å²) in [5.74, 6) is -2.14. The third-order valence-electron chi connectivity index (χ3n) is 3.72. The van der Waals surface area contributed by atoms with Crippen LogP contribution in [-0.2, 0) is 9.53 Å². The number of nitro benzene ring substituents is 1. The molecule has 124 valence electrons. The molecule has 1 fully saturated rings. The minimum absolute atomic E-state index is 0.198. The normalized spacial score (nSPS) is 17.7. The van der Waals surface area contributed by atoms with Gasteiger partial charge in [0.2, 0.25) is 0 Å². The molecule has 0 N–H and O–H groups in total. The zero-order valence-electron chi connectivity index (χ0n) is 12.7. The predicted octanol–water partition coefficient (Wildman–Crippen LogP) is 2.29. The van der Waals surface area contributed by atoms with Crippen molar-refractivity contribution in [3.8, 4) is 0 Å². The molecule has 2 rings (SSSR count). The Morgan fingerprint density at radius 3 is 2.78 bits per heavy atom. The molecule has 0 aromatic heterocycles. The number of rotatable bonds is 4. The molecule has 1 aromatic rings. The monoisotopic (exact) mass is 324 g/mol. The van der Waals surface area contributed by atoms with E-state index >= 15 is 0 Å². The van der Waals surface area contributed by atoms with Crippen LogP contribution in [0, 0.1) is 15.9 Å². The van der Waals surface area contributed by atoms with Crippen molar-refractivity contribution in [1.82, 2.24) is 4.90 Å². The smallest absolute Gasteiger partial charge is 0.328 e. The van der Waals surface area contributed by atoms with Gasteiger partial charge in [0.1, 0.15) is 11.9 Å². The molecule has 23 heavy (non-hydrogen) atoms. The number of piperidine rings is 1. The van der Waals surface area contributed by atoms with E-state index in [0.29, 0.717) is 25.5 Å². The van der Waals surface area contributed by atoms with Crippen LogP contribution >= 0.6 is 0 Å². The third kappa shape index (κ3) is 3.64. The number of likely N-dealkylation sites (tertiary alicyclic amines) is 1. The number of non-ortho nitro benzene ring substituents is 1. The highest BCUT2D eigenvalue weighted by molar-refractivity contribution is 5.97. The van der Waals surface area contributed by atoms with Crippen LogP contribution in [0.2, 0.25) is 0 Å². The second-order valence-electron chi connectivity index (χ2n) is 5.18. The number of benzene rings is 1. The number of esters is 1. The van der Waals surface area contributed by atoms with Crippen molar-refractivity contribution in [2.75, 3.05) is 13.2 Å². The molecule has 0 aliphatic carbocycles. The van der Waals surface area contributed by atoms with E-state index in [1.54, 1.807) is 6.92 Å². The Balaban J connectivity index is 2.26. The highest BCUT2D eigenvalue weighted by Gasteiger charge is 2.34. The summed E-state index contributed by atoms with van der Waals surface area (Å²) in [6.07, 6.45) is 1.94. The average molecular weight is 324 g/mol. The van der Waals surface area contributed by atoms with E-state index in [0.717, 1.165) is 18.6 Å². The SMILES string of the molecule is CCOC(=O)C1CCCCN1C(=O)c1ccc([N+](=O)[O-])cc1F.